The average molecular weight is 1550 g/mol. The molecule has 616 valence electrons. The fourth-order valence-corrected chi connectivity index (χ4v) is 20.4. The van der Waals surface area contributed by atoms with Crippen LogP contribution in [-0.2, 0) is 71.1 Å². The van der Waals surface area contributed by atoms with E-state index in [0.717, 1.165) is 5.57 Å². The number of carbonyl (C=O) groups excluding carboxylic acids is 1. The van der Waals surface area contributed by atoms with Crippen LogP contribution in [0.3, 0.4) is 0 Å². The number of carbonyl (C=O) groups is 1. The summed E-state index contributed by atoms with van der Waals surface area (Å²) in [6.07, 6.45) is -52.2. The van der Waals surface area contributed by atoms with Crippen molar-refractivity contribution in [2.24, 2.45) is 50.2 Å². The van der Waals surface area contributed by atoms with E-state index in [9.17, 15) is 107 Å². The molecule has 4 saturated carbocycles. The Labute approximate surface area is 618 Å². The number of fused-ring (bicyclic) bond motifs is 7. The first kappa shape index (κ1) is 84.3. The summed E-state index contributed by atoms with van der Waals surface area (Å²) in [5, 5.41) is 230. The second-order valence-corrected chi connectivity index (χ2v) is 34.1. The molecule has 12 aliphatic rings. The van der Waals surface area contributed by atoms with Gasteiger partial charge in [-0.15, -0.1) is 0 Å². The van der Waals surface area contributed by atoms with E-state index in [2.05, 4.69) is 40.7 Å². The first-order valence-electron chi connectivity index (χ1n) is 37.7. The SMILES string of the molecule is C[C@@H]1O[C@@H](O[C@H]2[C@H](O[C@H]3CC[C@]4(C)C5CC=C6[C@@H]7CC(C)(C)CC[C@]7(C(=O)O[C@H]7O[C@@H](CO[C@H]8O[C@@H](CO)[C@H](O)[C@@H](O)[C@@H]8O)[C@H](O)[C@@H](O)[C@@H]7O)CC[C@@]6(C)[C@]5(C)CC[C@H]4[C@]3(C)CO)O[C@@H](C)[C@H](O)[C@H]2O[C@@H]2O[C@H](CO)[C@@H](O)[C@H](O)[C@H]2O)[C@H](O)[C@H](O[C@@H]2OC[C@@H](O[C@@H]3O[C@H](CO)[C@@H](O)[C@H](O)[C@H]3O)[C@H](O)[C@H]2O)[C@H]1O. The highest BCUT2D eigenvalue weighted by atomic mass is 16.8. The second-order valence-electron chi connectivity index (χ2n) is 34.1. The molecule has 0 aromatic carbocycles. The largest absolute Gasteiger partial charge is 0.432 e. The monoisotopic (exact) mass is 1540 g/mol. The van der Waals surface area contributed by atoms with E-state index in [-0.39, 0.29) is 23.2 Å². The Morgan fingerprint density at radius 1 is 0.449 bits per heavy atom. The van der Waals surface area contributed by atoms with Gasteiger partial charge in [0.2, 0.25) is 6.29 Å². The number of aliphatic hydroxyl groups excluding tert-OH is 21. The van der Waals surface area contributed by atoms with Crippen LogP contribution in [0.4, 0.5) is 0 Å². The third-order valence-electron chi connectivity index (χ3n) is 27.4. The summed E-state index contributed by atoms with van der Waals surface area (Å²) in [6.45, 7) is 12.0. The molecule has 5 aliphatic carbocycles. The molecule has 0 radical (unpaired) electrons. The number of ether oxygens (including phenoxy) is 14. The van der Waals surface area contributed by atoms with Crippen molar-refractivity contribution < 1.29 is 178 Å². The summed E-state index contributed by atoms with van der Waals surface area (Å²) in [5.74, 6) is -1.30. The maximum atomic E-state index is 15.3. The van der Waals surface area contributed by atoms with Gasteiger partial charge in [0, 0.05) is 5.41 Å². The number of hydrogen-bond donors (Lipinski definition) is 21. The number of rotatable bonds is 19. The van der Waals surface area contributed by atoms with Crippen LogP contribution in [0.5, 0.6) is 0 Å². The van der Waals surface area contributed by atoms with Crippen molar-refractivity contribution in [1.29, 1.82) is 0 Å². The zero-order chi connectivity index (χ0) is 78.0. The second kappa shape index (κ2) is 32.1. The Balaban J connectivity index is 0.779. The highest BCUT2D eigenvalue weighted by Gasteiger charge is 2.71. The molecule has 7 heterocycles. The summed E-state index contributed by atoms with van der Waals surface area (Å²) in [5.41, 5.74) is -2.77. The van der Waals surface area contributed by atoms with Crippen molar-refractivity contribution in [2.75, 3.05) is 39.6 Å². The van der Waals surface area contributed by atoms with Gasteiger partial charge in [-0.05, 0) is 117 Å². The zero-order valence-electron chi connectivity index (χ0n) is 61.3. The van der Waals surface area contributed by atoms with Crippen molar-refractivity contribution >= 4 is 5.97 Å². The van der Waals surface area contributed by atoms with Crippen LogP contribution in [0.25, 0.3) is 0 Å². The van der Waals surface area contributed by atoms with Crippen molar-refractivity contribution in [3.8, 4) is 0 Å². The van der Waals surface area contributed by atoms with Crippen molar-refractivity contribution in [3.63, 3.8) is 0 Å². The van der Waals surface area contributed by atoms with Gasteiger partial charge in [0.1, 0.15) is 153 Å². The van der Waals surface area contributed by atoms with Gasteiger partial charge >= 0.3 is 5.97 Å². The minimum Gasteiger partial charge on any atom is -0.432 e. The van der Waals surface area contributed by atoms with Crippen LogP contribution in [0.15, 0.2) is 11.6 Å². The molecule has 0 spiro atoms. The Bertz CT molecular complexity index is 3030. The molecular formula is C71H116O36. The topological polar surface area (TPSA) is 571 Å². The van der Waals surface area contributed by atoms with E-state index in [1.807, 2.05) is 6.92 Å². The molecule has 107 heavy (non-hydrogen) atoms. The van der Waals surface area contributed by atoms with Gasteiger partial charge in [-0.1, -0.05) is 53.2 Å². The molecule has 7 saturated heterocycles. The maximum Gasteiger partial charge on any atom is 0.315 e. The lowest BCUT2D eigenvalue weighted by molar-refractivity contribution is -0.403. The van der Waals surface area contributed by atoms with Gasteiger partial charge in [-0.3, -0.25) is 4.79 Å². The Morgan fingerprint density at radius 2 is 0.935 bits per heavy atom. The lowest BCUT2D eigenvalue weighted by atomic mass is 9.33. The third kappa shape index (κ3) is 14.8. The maximum absolute atomic E-state index is 15.3. The highest BCUT2D eigenvalue weighted by Crippen LogP contribution is 2.76. The Morgan fingerprint density at radius 3 is 1.52 bits per heavy atom. The Kier molecular flexibility index (Phi) is 25.3. The normalized spacial score (nSPS) is 55.1. The number of hydrogen-bond acceptors (Lipinski definition) is 36. The quantitative estimate of drug-likeness (QED) is 0.0325. The van der Waals surface area contributed by atoms with Crippen LogP contribution >= 0.6 is 0 Å². The summed E-state index contributed by atoms with van der Waals surface area (Å²) in [7, 11) is 0. The summed E-state index contributed by atoms with van der Waals surface area (Å²) in [6, 6.07) is 0. The molecule has 36 nitrogen and oxygen atoms in total. The van der Waals surface area contributed by atoms with E-state index < -0.39 is 288 Å². The molecule has 43 atom stereocenters. The molecule has 0 bridgehead atoms. The lowest BCUT2D eigenvalue weighted by Gasteiger charge is -2.71. The van der Waals surface area contributed by atoms with E-state index >= 15 is 4.79 Å². The van der Waals surface area contributed by atoms with Gasteiger partial charge in [0.05, 0.1) is 63.4 Å². The lowest BCUT2D eigenvalue weighted by Crippen LogP contribution is -2.68. The molecule has 12 rings (SSSR count). The minimum atomic E-state index is -2.06. The predicted molar refractivity (Wildman–Crippen MR) is 353 cm³/mol. The van der Waals surface area contributed by atoms with Gasteiger partial charge in [0.15, 0.2) is 37.7 Å². The molecule has 36 heteroatoms. The minimum absolute atomic E-state index is 0.0215. The summed E-state index contributed by atoms with van der Waals surface area (Å²) < 4.78 is 84.7. The van der Waals surface area contributed by atoms with E-state index in [4.69, 9.17) is 66.3 Å². The number of esters is 1. The predicted octanol–water partition coefficient (Wildman–Crippen LogP) is -6.90. The van der Waals surface area contributed by atoms with Crippen LogP contribution in [0.2, 0.25) is 0 Å². The van der Waals surface area contributed by atoms with Crippen molar-refractivity contribution in [2.45, 2.75) is 335 Å². The van der Waals surface area contributed by atoms with Gasteiger partial charge in [-0.2, -0.15) is 0 Å². The molecule has 7 aliphatic heterocycles. The van der Waals surface area contributed by atoms with Gasteiger partial charge in [0.25, 0.3) is 0 Å². The number of aliphatic hydroxyl groups is 21. The first-order valence-corrected chi connectivity index (χ1v) is 37.7. The summed E-state index contributed by atoms with van der Waals surface area (Å²) in [4.78, 5) is 15.3. The fraction of sp³-hybridized carbons (Fsp3) is 0.958. The van der Waals surface area contributed by atoms with Crippen LogP contribution < -0.4 is 0 Å². The number of allylic oxidation sites excluding steroid dienone is 2. The summed E-state index contributed by atoms with van der Waals surface area (Å²) >= 11 is 0. The Hall–Kier alpha value is -2.15. The van der Waals surface area contributed by atoms with Crippen molar-refractivity contribution in [1.82, 2.24) is 0 Å². The molecule has 0 aromatic rings. The van der Waals surface area contributed by atoms with Crippen molar-refractivity contribution in [3.05, 3.63) is 11.6 Å². The fourth-order valence-electron chi connectivity index (χ4n) is 20.4. The molecule has 1 unspecified atom stereocenters. The van der Waals surface area contributed by atoms with E-state index in [0.29, 0.717) is 64.2 Å². The van der Waals surface area contributed by atoms with E-state index in [1.54, 1.807) is 0 Å². The molecular weight excluding hydrogens is 1430 g/mol. The van der Waals surface area contributed by atoms with Crippen LogP contribution in [-0.4, -0.2) is 368 Å². The average Bonchev–Trinajstić information content (AvgIpc) is 0.674. The third-order valence-corrected chi connectivity index (χ3v) is 27.4. The standard InChI is InChI=1S/C71H116O36/c1-26-38(76)55(104-59-49(87)44(82)34(24-95-59)101-60-51(89)46(84)41(79)31(21-73)99-60)54(92)63(96-26)106-57-56(105-61-52(90)47(85)42(80)32(22-74)100-61)39(77)27(2)97-64(57)103-37-12-13-67(5)35(68(37,6)25-75)11-14-70(8)36(67)10-9-28-29-19-66(3,4)15-17-71(29,18-16-69(28,70)7)65(93)107-62-53(91)48(86)43(81)33(102-62)23-94-58-50(88)45(83)40(78)30(20-72)98-58/h9,26-27,29-64,72-92H,10-25H2,1-8H3/t26-,27-,29-,30-,31+,32+,33-,34+,35+,36?,37-,38-,39-,40-,41+,42+,43-,44-,45+,46-,47-,48+,49+,50-,51+,52+,53-,54+,55+,56+,57+,58-,59-,60-,61-,62+,63-,64-,67-,68-,69+,70+,71-/m0/s1. The van der Waals surface area contributed by atoms with E-state index in [1.165, 1.54) is 13.8 Å². The zero-order valence-corrected chi connectivity index (χ0v) is 61.3. The molecule has 21 N–H and O–H groups in total. The molecule has 0 aromatic heterocycles. The van der Waals surface area contributed by atoms with Crippen LogP contribution in [0, 0.1) is 50.2 Å². The highest BCUT2D eigenvalue weighted by molar-refractivity contribution is 5.79. The smallest absolute Gasteiger partial charge is 0.315 e. The molecule has 0 amide bonds. The van der Waals surface area contributed by atoms with Gasteiger partial charge in [-0.25, -0.2) is 0 Å². The first-order chi connectivity index (χ1) is 50.3. The molecule has 11 fully saturated rings. The van der Waals surface area contributed by atoms with Crippen LogP contribution in [0.1, 0.15) is 120 Å². The van der Waals surface area contributed by atoms with Gasteiger partial charge < -0.3 is 174 Å².